The van der Waals surface area contributed by atoms with E-state index >= 15 is 0 Å². The number of ether oxygens (including phenoxy) is 1. The Balaban J connectivity index is 1.45. The highest BCUT2D eigenvalue weighted by Gasteiger charge is 2.19. The molecule has 3 aromatic rings. The average Bonchev–Trinajstić information content (AvgIpc) is 3.04. The summed E-state index contributed by atoms with van der Waals surface area (Å²) in [5.74, 6) is 2.05. The minimum atomic E-state index is -3.43. The minimum Gasteiger partial charge on any atom is -0.494 e. The second kappa shape index (κ2) is 9.93. The lowest BCUT2D eigenvalue weighted by Gasteiger charge is -2.07. The van der Waals surface area contributed by atoms with Crippen molar-refractivity contribution in [2.24, 2.45) is 7.05 Å². The highest BCUT2D eigenvalue weighted by Crippen LogP contribution is 2.21. The number of hydrogen-bond acceptors (Lipinski definition) is 6. The molecule has 2 aromatic carbocycles. The topological polar surface area (TPSA) is 74.1 Å². The van der Waals surface area contributed by atoms with Gasteiger partial charge < -0.3 is 9.30 Å². The fourth-order valence-corrected chi connectivity index (χ4v) is 5.00. The number of aryl methyl sites for hydroxylation is 1. The molecule has 29 heavy (non-hydrogen) atoms. The van der Waals surface area contributed by atoms with Crippen molar-refractivity contribution in [1.29, 1.82) is 0 Å². The molecular weight excluding hydrogens is 406 g/mol. The minimum absolute atomic E-state index is 0.161. The van der Waals surface area contributed by atoms with E-state index in [4.69, 9.17) is 4.74 Å². The van der Waals surface area contributed by atoms with E-state index in [1.54, 1.807) is 53.7 Å². The number of unbranched alkanes of at least 4 members (excludes halogenated alkanes) is 1. The largest absolute Gasteiger partial charge is 0.494 e. The molecule has 0 aliphatic heterocycles. The molecule has 0 saturated heterocycles. The van der Waals surface area contributed by atoms with Crippen LogP contribution in [0.15, 0.2) is 64.6 Å². The van der Waals surface area contributed by atoms with Gasteiger partial charge in [-0.05, 0) is 49.6 Å². The van der Waals surface area contributed by atoms with Gasteiger partial charge in [0.25, 0.3) is 0 Å². The van der Waals surface area contributed by atoms with E-state index in [1.165, 1.54) is 5.56 Å². The number of nitrogens with zero attached hydrogens (tertiary/aromatic N) is 3. The van der Waals surface area contributed by atoms with Crippen LogP contribution < -0.4 is 4.74 Å². The Bertz CT molecular complexity index is 1030. The summed E-state index contributed by atoms with van der Waals surface area (Å²) in [4.78, 5) is 0.297. The third-order valence-corrected chi connectivity index (χ3v) is 7.11. The van der Waals surface area contributed by atoms with Gasteiger partial charge in [-0.1, -0.05) is 42.1 Å². The first-order chi connectivity index (χ1) is 14.0. The van der Waals surface area contributed by atoms with Gasteiger partial charge in [0.2, 0.25) is 0 Å². The summed E-state index contributed by atoms with van der Waals surface area (Å²) in [6.45, 7) is 2.72. The highest BCUT2D eigenvalue weighted by atomic mass is 32.2. The van der Waals surface area contributed by atoms with Crippen molar-refractivity contribution in [1.82, 2.24) is 14.8 Å². The predicted octanol–water partition coefficient (Wildman–Crippen LogP) is 4.05. The molecule has 0 aliphatic rings. The second-order valence-electron chi connectivity index (χ2n) is 6.75. The number of sulfone groups is 1. The Morgan fingerprint density at radius 1 is 1.03 bits per heavy atom. The van der Waals surface area contributed by atoms with Crippen molar-refractivity contribution in [2.45, 2.75) is 35.6 Å². The summed E-state index contributed by atoms with van der Waals surface area (Å²) in [7, 11) is -1.63. The Morgan fingerprint density at radius 3 is 2.59 bits per heavy atom. The van der Waals surface area contributed by atoms with Crippen LogP contribution in [0, 0.1) is 6.92 Å². The normalized spacial score (nSPS) is 11.5. The third-order valence-electron chi connectivity index (χ3n) is 4.37. The number of hydrogen-bond donors (Lipinski definition) is 0. The van der Waals surface area contributed by atoms with Crippen LogP contribution in [0.2, 0.25) is 0 Å². The van der Waals surface area contributed by atoms with Gasteiger partial charge >= 0.3 is 0 Å². The van der Waals surface area contributed by atoms with Gasteiger partial charge in [-0.3, -0.25) is 0 Å². The first kappa shape index (κ1) is 21.4. The van der Waals surface area contributed by atoms with Gasteiger partial charge in [0.1, 0.15) is 17.3 Å². The fraction of sp³-hybridized carbons (Fsp3) is 0.333. The fourth-order valence-electron chi connectivity index (χ4n) is 2.74. The molecule has 0 N–H and O–H groups in total. The summed E-state index contributed by atoms with van der Waals surface area (Å²) < 4.78 is 32.6. The Kier molecular flexibility index (Phi) is 7.33. The summed E-state index contributed by atoms with van der Waals surface area (Å²) in [6.07, 6.45) is 1.91. The maximum absolute atomic E-state index is 12.5. The molecule has 0 aliphatic carbocycles. The number of benzene rings is 2. The maximum atomic E-state index is 12.5. The molecule has 0 amide bonds. The molecule has 0 spiro atoms. The van der Waals surface area contributed by atoms with Crippen LogP contribution in [-0.2, 0) is 22.6 Å². The van der Waals surface area contributed by atoms with Crippen LogP contribution in [0.25, 0.3) is 0 Å². The van der Waals surface area contributed by atoms with E-state index in [1.807, 2.05) is 31.2 Å². The molecule has 1 aromatic heterocycles. The second-order valence-corrected chi connectivity index (χ2v) is 9.80. The summed E-state index contributed by atoms with van der Waals surface area (Å²) >= 11 is 1.58. The Hall–Kier alpha value is -2.32. The van der Waals surface area contributed by atoms with Crippen molar-refractivity contribution >= 4 is 21.6 Å². The number of thioether (sulfide) groups is 1. The zero-order chi connectivity index (χ0) is 20.7. The standard InChI is InChI=1S/C21H25N3O3S2/c1-17-9-8-10-18(15-17)27-13-6-7-14-28-21-23-22-20(24(21)2)16-29(25,26)19-11-4-3-5-12-19/h3-5,8-12,15H,6-7,13-14,16H2,1-2H3. The molecule has 0 atom stereocenters. The van der Waals surface area contributed by atoms with Gasteiger partial charge in [-0.25, -0.2) is 8.42 Å². The molecule has 6 nitrogen and oxygen atoms in total. The van der Waals surface area contributed by atoms with Crippen molar-refractivity contribution in [2.75, 3.05) is 12.4 Å². The van der Waals surface area contributed by atoms with Crippen LogP contribution >= 0.6 is 11.8 Å². The summed E-state index contributed by atoms with van der Waals surface area (Å²) in [6, 6.07) is 16.4. The van der Waals surface area contributed by atoms with Crippen molar-refractivity contribution in [3.05, 3.63) is 66.0 Å². The van der Waals surface area contributed by atoms with Gasteiger partial charge in [-0.2, -0.15) is 0 Å². The molecule has 154 valence electrons. The molecule has 0 bridgehead atoms. The van der Waals surface area contributed by atoms with E-state index in [0.29, 0.717) is 17.3 Å². The molecular formula is C21H25N3O3S2. The van der Waals surface area contributed by atoms with E-state index in [-0.39, 0.29) is 5.75 Å². The van der Waals surface area contributed by atoms with E-state index in [9.17, 15) is 8.42 Å². The van der Waals surface area contributed by atoms with Crippen LogP contribution in [0.4, 0.5) is 0 Å². The molecule has 1 heterocycles. The average molecular weight is 432 g/mol. The highest BCUT2D eigenvalue weighted by molar-refractivity contribution is 7.99. The number of rotatable bonds is 10. The first-order valence-electron chi connectivity index (χ1n) is 9.44. The first-order valence-corrected chi connectivity index (χ1v) is 12.1. The lowest BCUT2D eigenvalue weighted by atomic mass is 10.2. The van der Waals surface area contributed by atoms with Crippen molar-refractivity contribution in [3.8, 4) is 5.75 Å². The summed E-state index contributed by atoms with van der Waals surface area (Å²) in [5, 5.41) is 8.95. The predicted molar refractivity (Wildman–Crippen MR) is 115 cm³/mol. The molecule has 0 unspecified atom stereocenters. The third kappa shape index (κ3) is 6.08. The van der Waals surface area contributed by atoms with Crippen LogP contribution in [-0.4, -0.2) is 35.5 Å². The monoisotopic (exact) mass is 431 g/mol. The van der Waals surface area contributed by atoms with Crippen LogP contribution in [0.1, 0.15) is 24.2 Å². The molecule has 0 fully saturated rings. The molecule has 3 rings (SSSR count). The van der Waals surface area contributed by atoms with E-state index in [0.717, 1.165) is 29.5 Å². The van der Waals surface area contributed by atoms with Gasteiger partial charge in [0.15, 0.2) is 15.0 Å². The molecule has 8 heteroatoms. The SMILES string of the molecule is Cc1cccc(OCCCCSc2nnc(CS(=O)(=O)c3ccccc3)n2C)c1. The van der Waals surface area contributed by atoms with Crippen molar-refractivity contribution < 1.29 is 13.2 Å². The maximum Gasteiger partial charge on any atom is 0.190 e. The van der Waals surface area contributed by atoms with Crippen LogP contribution in [0.5, 0.6) is 5.75 Å². The van der Waals surface area contributed by atoms with Crippen molar-refractivity contribution in [3.63, 3.8) is 0 Å². The van der Waals surface area contributed by atoms with Crippen LogP contribution in [0.3, 0.4) is 0 Å². The number of aromatic nitrogens is 3. The smallest absolute Gasteiger partial charge is 0.190 e. The Morgan fingerprint density at radius 2 is 1.83 bits per heavy atom. The zero-order valence-corrected chi connectivity index (χ0v) is 18.2. The van der Waals surface area contributed by atoms with Gasteiger partial charge in [0.05, 0.1) is 11.5 Å². The zero-order valence-electron chi connectivity index (χ0n) is 16.6. The van der Waals surface area contributed by atoms with Gasteiger partial charge in [0, 0.05) is 12.8 Å². The van der Waals surface area contributed by atoms with E-state index < -0.39 is 9.84 Å². The molecule has 0 saturated carbocycles. The Labute approximate surface area is 176 Å². The lowest BCUT2D eigenvalue weighted by Crippen LogP contribution is -2.09. The lowest BCUT2D eigenvalue weighted by molar-refractivity contribution is 0.309. The quantitative estimate of drug-likeness (QED) is 0.356. The molecule has 0 radical (unpaired) electrons. The van der Waals surface area contributed by atoms with E-state index in [2.05, 4.69) is 10.2 Å². The summed E-state index contributed by atoms with van der Waals surface area (Å²) in [5.41, 5.74) is 1.19. The van der Waals surface area contributed by atoms with Gasteiger partial charge in [-0.15, -0.1) is 10.2 Å².